The predicted octanol–water partition coefficient (Wildman–Crippen LogP) is 3.04. The lowest BCUT2D eigenvalue weighted by Gasteiger charge is -2.01. The number of rotatable bonds is 3. The van der Waals surface area contributed by atoms with E-state index in [9.17, 15) is 4.79 Å². The van der Waals surface area contributed by atoms with Crippen molar-refractivity contribution in [2.24, 2.45) is 5.92 Å². The number of aldehydes is 1. The molecule has 0 radical (unpaired) electrons. The minimum absolute atomic E-state index is 0.658. The van der Waals surface area contributed by atoms with E-state index in [1.54, 1.807) is 0 Å². The van der Waals surface area contributed by atoms with Crippen molar-refractivity contribution in [1.82, 2.24) is 0 Å². The molecule has 0 aromatic carbocycles. The van der Waals surface area contributed by atoms with E-state index >= 15 is 0 Å². The minimum Gasteiger partial charge on any atom is -0.298 e. The summed E-state index contributed by atoms with van der Waals surface area (Å²) in [6.45, 7) is 5.91. The topological polar surface area (TPSA) is 17.1 Å². The van der Waals surface area contributed by atoms with E-state index < -0.39 is 0 Å². The highest BCUT2D eigenvalue weighted by molar-refractivity contribution is 5.73. The molecule has 70 valence electrons. The van der Waals surface area contributed by atoms with Crippen LogP contribution in [0.2, 0.25) is 0 Å². The molecule has 0 aromatic heterocycles. The molecular formula is C12H16O. The van der Waals surface area contributed by atoms with Crippen LogP contribution < -0.4 is 0 Å². The van der Waals surface area contributed by atoms with Crippen molar-refractivity contribution in [2.45, 2.75) is 26.2 Å². The first-order chi connectivity index (χ1) is 6.22. The van der Waals surface area contributed by atoms with Crippen LogP contribution in [0.25, 0.3) is 0 Å². The first-order valence-corrected chi connectivity index (χ1v) is 4.71. The molecule has 0 heterocycles. The van der Waals surface area contributed by atoms with Crippen molar-refractivity contribution in [1.29, 1.82) is 0 Å². The molecule has 0 spiro atoms. The zero-order chi connectivity index (χ0) is 9.68. The van der Waals surface area contributed by atoms with Crippen molar-refractivity contribution in [3.05, 3.63) is 36.0 Å². The largest absolute Gasteiger partial charge is 0.298 e. The third kappa shape index (κ3) is 3.41. The summed E-state index contributed by atoms with van der Waals surface area (Å²) in [5.41, 5.74) is 1.88. The fourth-order valence-corrected chi connectivity index (χ4v) is 1.40. The first kappa shape index (κ1) is 9.97. The van der Waals surface area contributed by atoms with Gasteiger partial charge in [0.1, 0.15) is 6.29 Å². The van der Waals surface area contributed by atoms with E-state index in [0.29, 0.717) is 12.0 Å². The average Bonchev–Trinajstić information content (AvgIpc) is 2.31. The second kappa shape index (κ2) is 4.80. The minimum atomic E-state index is 0.658. The van der Waals surface area contributed by atoms with Crippen LogP contribution >= 0.6 is 0 Å². The second-order valence-corrected chi connectivity index (χ2v) is 3.71. The Morgan fingerprint density at radius 2 is 2.46 bits per heavy atom. The molecule has 0 amide bonds. The molecule has 0 saturated carbocycles. The van der Waals surface area contributed by atoms with Crippen molar-refractivity contribution in [3.8, 4) is 0 Å². The van der Waals surface area contributed by atoms with Gasteiger partial charge in [0.2, 0.25) is 0 Å². The summed E-state index contributed by atoms with van der Waals surface area (Å²) in [7, 11) is 0. The Morgan fingerprint density at radius 3 is 3.15 bits per heavy atom. The van der Waals surface area contributed by atoms with Crippen molar-refractivity contribution in [3.63, 3.8) is 0 Å². The fourth-order valence-electron chi connectivity index (χ4n) is 1.40. The van der Waals surface area contributed by atoms with Gasteiger partial charge in [-0.05, 0) is 36.3 Å². The summed E-state index contributed by atoms with van der Waals surface area (Å²) in [6.07, 6.45) is 10.3. The lowest BCUT2D eigenvalue weighted by Crippen LogP contribution is -1.88. The predicted molar refractivity (Wildman–Crippen MR) is 55.4 cm³/mol. The smallest absolute Gasteiger partial charge is 0.145 e. The normalized spacial score (nSPS) is 21.9. The molecule has 0 N–H and O–H groups in total. The Labute approximate surface area is 79.8 Å². The molecule has 1 aliphatic rings. The fraction of sp³-hybridized carbons (Fsp3) is 0.417. The van der Waals surface area contributed by atoms with E-state index in [1.807, 2.05) is 0 Å². The number of allylic oxidation sites excluding steroid dienone is 5. The van der Waals surface area contributed by atoms with Gasteiger partial charge in [0, 0.05) is 0 Å². The maximum Gasteiger partial charge on any atom is 0.145 e. The molecule has 1 atom stereocenters. The zero-order valence-corrected chi connectivity index (χ0v) is 8.12. The van der Waals surface area contributed by atoms with Crippen LogP contribution in [0.1, 0.15) is 26.2 Å². The van der Waals surface area contributed by atoms with Gasteiger partial charge in [-0.2, -0.15) is 0 Å². The molecule has 0 bridgehead atoms. The molecule has 1 unspecified atom stereocenters. The van der Waals surface area contributed by atoms with Crippen LogP contribution in [0.5, 0.6) is 0 Å². The number of hydrogen-bond donors (Lipinski definition) is 0. The van der Waals surface area contributed by atoms with Gasteiger partial charge in [0.05, 0.1) is 0 Å². The van der Waals surface area contributed by atoms with Gasteiger partial charge in [0.15, 0.2) is 0 Å². The van der Waals surface area contributed by atoms with Crippen LogP contribution in [-0.2, 0) is 4.79 Å². The Morgan fingerprint density at radius 1 is 1.69 bits per heavy atom. The summed E-state index contributed by atoms with van der Waals surface area (Å²) >= 11 is 0. The third-order valence-electron chi connectivity index (χ3n) is 2.25. The summed E-state index contributed by atoms with van der Waals surface area (Å²) < 4.78 is 0. The summed E-state index contributed by atoms with van der Waals surface area (Å²) in [6, 6.07) is 0. The summed E-state index contributed by atoms with van der Waals surface area (Å²) in [5.74, 6) is 0.721. The summed E-state index contributed by atoms with van der Waals surface area (Å²) in [4.78, 5) is 10.4. The third-order valence-corrected chi connectivity index (χ3v) is 2.25. The van der Waals surface area contributed by atoms with E-state index in [1.165, 1.54) is 5.57 Å². The number of hydrogen-bond acceptors (Lipinski definition) is 1. The highest BCUT2D eigenvalue weighted by Gasteiger charge is 2.03. The lowest BCUT2D eigenvalue weighted by atomic mass is 10.0. The maximum atomic E-state index is 10.4. The highest BCUT2D eigenvalue weighted by Crippen LogP contribution is 2.19. The quantitative estimate of drug-likeness (QED) is 0.477. The molecule has 0 saturated heterocycles. The highest BCUT2D eigenvalue weighted by atomic mass is 16.1. The van der Waals surface area contributed by atoms with Gasteiger partial charge >= 0.3 is 0 Å². The Kier molecular flexibility index (Phi) is 3.69. The van der Waals surface area contributed by atoms with Gasteiger partial charge in [-0.15, -0.1) is 0 Å². The van der Waals surface area contributed by atoms with Crippen LogP contribution in [0.3, 0.4) is 0 Å². The molecule has 0 aromatic rings. The molecule has 0 fully saturated rings. The number of carbonyl (C=O) groups is 1. The van der Waals surface area contributed by atoms with Crippen LogP contribution in [0.4, 0.5) is 0 Å². The maximum absolute atomic E-state index is 10.4. The second-order valence-electron chi connectivity index (χ2n) is 3.71. The van der Waals surface area contributed by atoms with E-state index in [2.05, 4.69) is 31.7 Å². The van der Waals surface area contributed by atoms with Crippen LogP contribution in [0, 0.1) is 5.92 Å². The Balaban J connectivity index is 2.58. The van der Waals surface area contributed by atoms with Crippen molar-refractivity contribution >= 4 is 6.29 Å². The molecular weight excluding hydrogens is 160 g/mol. The van der Waals surface area contributed by atoms with Gasteiger partial charge in [0.25, 0.3) is 0 Å². The van der Waals surface area contributed by atoms with Gasteiger partial charge in [-0.1, -0.05) is 31.7 Å². The zero-order valence-electron chi connectivity index (χ0n) is 8.12. The summed E-state index contributed by atoms with van der Waals surface area (Å²) in [5, 5.41) is 0. The van der Waals surface area contributed by atoms with Gasteiger partial charge < -0.3 is 0 Å². The lowest BCUT2D eigenvalue weighted by molar-refractivity contribution is -0.104. The SMILES string of the molecule is C=C(C=O)CC1=CCC(C)CC=C1. The van der Waals surface area contributed by atoms with E-state index in [0.717, 1.165) is 25.0 Å². The van der Waals surface area contributed by atoms with Gasteiger partial charge in [-0.25, -0.2) is 0 Å². The molecule has 1 nitrogen and oxygen atoms in total. The van der Waals surface area contributed by atoms with Gasteiger partial charge in [-0.3, -0.25) is 4.79 Å². The van der Waals surface area contributed by atoms with Crippen molar-refractivity contribution in [2.75, 3.05) is 0 Å². The Hall–Kier alpha value is -1.11. The van der Waals surface area contributed by atoms with Crippen LogP contribution in [-0.4, -0.2) is 6.29 Å². The molecule has 13 heavy (non-hydrogen) atoms. The molecule has 1 heteroatoms. The molecule has 1 rings (SSSR count). The first-order valence-electron chi connectivity index (χ1n) is 4.71. The standard InChI is InChI=1S/C12H16O/c1-10-4-3-5-12(7-6-10)8-11(2)9-13/h3,5,7,9-10H,2,4,6,8H2,1H3. The van der Waals surface area contributed by atoms with E-state index in [-0.39, 0.29) is 0 Å². The monoisotopic (exact) mass is 176 g/mol. The molecule has 1 aliphatic carbocycles. The molecule has 0 aliphatic heterocycles. The Bertz CT molecular complexity index is 258. The van der Waals surface area contributed by atoms with E-state index in [4.69, 9.17) is 0 Å². The van der Waals surface area contributed by atoms with Crippen LogP contribution in [0.15, 0.2) is 36.0 Å². The average molecular weight is 176 g/mol. The van der Waals surface area contributed by atoms with Crippen molar-refractivity contribution < 1.29 is 4.79 Å². The number of carbonyl (C=O) groups excluding carboxylic acids is 1.